The van der Waals surface area contributed by atoms with E-state index in [4.69, 9.17) is 14.9 Å². The first-order valence-corrected chi connectivity index (χ1v) is 4.49. The summed E-state index contributed by atoms with van der Waals surface area (Å²) in [6.07, 6.45) is -2.12. The van der Waals surface area contributed by atoms with Crippen molar-refractivity contribution in [3.05, 3.63) is 0 Å². The van der Waals surface area contributed by atoms with Crippen molar-refractivity contribution in [2.24, 2.45) is 0 Å². The monoisotopic (exact) mass is 219 g/mol. The van der Waals surface area contributed by atoms with Crippen molar-refractivity contribution in [3.63, 3.8) is 0 Å². The van der Waals surface area contributed by atoms with Crippen molar-refractivity contribution in [2.45, 2.75) is 24.7 Å². The standard InChI is InChI=1S/C8H13NO6/c10-5-1-4(15-3-6(5)11)2-9-7(12)8(13)14/h4-6,10-11H,1-3H2,(H,9,12)(H,13,14). The first-order valence-electron chi connectivity index (χ1n) is 4.49. The van der Waals surface area contributed by atoms with E-state index in [0.29, 0.717) is 0 Å². The van der Waals surface area contributed by atoms with Gasteiger partial charge in [-0.3, -0.25) is 4.79 Å². The van der Waals surface area contributed by atoms with Gasteiger partial charge in [-0.15, -0.1) is 0 Å². The summed E-state index contributed by atoms with van der Waals surface area (Å²) in [6.45, 7) is -0.0102. The zero-order valence-corrected chi connectivity index (χ0v) is 7.92. The quantitative estimate of drug-likeness (QED) is 0.388. The molecule has 0 bridgehead atoms. The van der Waals surface area contributed by atoms with Gasteiger partial charge < -0.3 is 25.4 Å². The number of carboxylic acids is 1. The number of aliphatic hydroxyl groups is 2. The number of hydrogen-bond acceptors (Lipinski definition) is 5. The number of ether oxygens (including phenoxy) is 1. The number of aliphatic hydroxyl groups excluding tert-OH is 2. The Labute approximate surface area is 85.7 Å². The lowest BCUT2D eigenvalue weighted by molar-refractivity contribution is -0.151. The van der Waals surface area contributed by atoms with Gasteiger partial charge in [-0.05, 0) is 0 Å². The van der Waals surface area contributed by atoms with Crippen LogP contribution in [0, 0.1) is 0 Å². The Morgan fingerprint density at radius 3 is 2.53 bits per heavy atom. The van der Waals surface area contributed by atoms with Gasteiger partial charge in [0, 0.05) is 13.0 Å². The average molecular weight is 219 g/mol. The maximum absolute atomic E-state index is 10.7. The molecule has 1 aliphatic rings. The second-order valence-electron chi connectivity index (χ2n) is 3.34. The Balaban J connectivity index is 2.28. The summed E-state index contributed by atoms with van der Waals surface area (Å²) in [5.74, 6) is -2.68. The lowest BCUT2D eigenvalue weighted by Crippen LogP contribution is -2.46. The minimum atomic E-state index is -1.56. The van der Waals surface area contributed by atoms with Crippen molar-refractivity contribution in [1.82, 2.24) is 5.32 Å². The second kappa shape index (κ2) is 5.06. The molecular formula is C8H13NO6. The predicted molar refractivity (Wildman–Crippen MR) is 47.0 cm³/mol. The van der Waals surface area contributed by atoms with E-state index in [0.717, 1.165) is 0 Å². The van der Waals surface area contributed by atoms with Gasteiger partial charge in [0.15, 0.2) is 0 Å². The number of rotatable bonds is 2. The van der Waals surface area contributed by atoms with Crippen LogP contribution < -0.4 is 5.32 Å². The van der Waals surface area contributed by atoms with E-state index in [9.17, 15) is 14.7 Å². The summed E-state index contributed by atoms with van der Waals surface area (Å²) in [6, 6.07) is 0. The van der Waals surface area contributed by atoms with Gasteiger partial charge >= 0.3 is 11.9 Å². The average Bonchev–Trinajstić information content (AvgIpc) is 2.19. The van der Waals surface area contributed by atoms with Crippen molar-refractivity contribution >= 4 is 11.9 Å². The van der Waals surface area contributed by atoms with Crippen molar-refractivity contribution < 1.29 is 29.6 Å². The van der Waals surface area contributed by atoms with Crippen LogP contribution in [0.4, 0.5) is 0 Å². The van der Waals surface area contributed by atoms with Gasteiger partial charge in [-0.1, -0.05) is 0 Å². The highest BCUT2D eigenvalue weighted by molar-refractivity contribution is 6.31. The predicted octanol–water partition coefficient (Wildman–Crippen LogP) is -2.30. The summed E-state index contributed by atoms with van der Waals surface area (Å²) in [4.78, 5) is 20.8. The number of aliphatic carboxylic acids is 1. The third kappa shape index (κ3) is 3.46. The van der Waals surface area contributed by atoms with E-state index in [1.54, 1.807) is 0 Å². The number of carboxylic acid groups (broad SMARTS) is 1. The molecule has 1 saturated heterocycles. The molecule has 3 atom stereocenters. The molecule has 0 radical (unpaired) electrons. The molecule has 7 heteroatoms. The molecule has 1 fully saturated rings. The topological polar surface area (TPSA) is 116 Å². The van der Waals surface area contributed by atoms with Crippen LogP contribution >= 0.6 is 0 Å². The van der Waals surface area contributed by atoms with Crippen LogP contribution in [0.15, 0.2) is 0 Å². The molecule has 0 saturated carbocycles. The van der Waals surface area contributed by atoms with Crippen LogP contribution in [0.1, 0.15) is 6.42 Å². The van der Waals surface area contributed by atoms with E-state index in [-0.39, 0.29) is 19.6 Å². The molecule has 1 heterocycles. The number of hydrogen-bond donors (Lipinski definition) is 4. The Kier molecular flexibility index (Phi) is 4.01. The van der Waals surface area contributed by atoms with E-state index < -0.39 is 30.2 Å². The normalized spacial score (nSPS) is 30.9. The number of carbonyl (C=O) groups excluding carboxylic acids is 1. The molecule has 1 amide bonds. The highest BCUT2D eigenvalue weighted by Crippen LogP contribution is 2.13. The minimum Gasteiger partial charge on any atom is -0.474 e. The smallest absolute Gasteiger partial charge is 0.394 e. The van der Waals surface area contributed by atoms with Crippen LogP contribution in [0.25, 0.3) is 0 Å². The summed E-state index contributed by atoms with van der Waals surface area (Å²) in [5.41, 5.74) is 0. The Hall–Kier alpha value is -1.18. The molecule has 0 aromatic rings. The molecule has 0 aliphatic carbocycles. The van der Waals surface area contributed by atoms with Crippen molar-refractivity contribution in [1.29, 1.82) is 0 Å². The van der Waals surface area contributed by atoms with Gasteiger partial charge in [-0.2, -0.15) is 0 Å². The molecule has 4 N–H and O–H groups in total. The molecule has 0 spiro atoms. The SMILES string of the molecule is O=C(O)C(=O)NCC1CC(O)C(O)CO1. The Morgan fingerprint density at radius 2 is 2.00 bits per heavy atom. The van der Waals surface area contributed by atoms with E-state index in [1.807, 2.05) is 0 Å². The summed E-state index contributed by atoms with van der Waals surface area (Å²) >= 11 is 0. The van der Waals surface area contributed by atoms with E-state index >= 15 is 0 Å². The zero-order valence-electron chi connectivity index (χ0n) is 7.92. The maximum atomic E-state index is 10.7. The summed E-state index contributed by atoms with van der Waals surface area (Å²) < 4.78 is 5.07. The summed E-state index contributed by atoms with van der Waals surface area (Å²) in [7, 11) is 0. The van der Waals surface area contributed by atoms with Gasteiger partial charge in [0.05, 0.1) is 18.8 Å². The first kappa shape index (κ1) is 11.9. The van der Waals surface area contributed by atoms with E-state index in [1.165, 1.54) is 0 Å². The van der Waals surface area contributed by atoms with Crippen LogP contribution in [0.3, 0.4) is 0 Å². The first-order chi connectivity index (χ1) is 7.00. The molecule has 86 valence electrons. The Morgan fingerprint density at radius 1 is 1.33 bits per heavy atom. The van der Waals surface area contributed by atoms with Crippen LogP contribution in [-0.2, 0) is 14.3 Å². The second-order valence-corrected chi connectivity index (χ2v) is 3.34. The molecule has 1 rings (SSSR count). The third-order valence-electron chi connectivity index (χ3n) is 2.14. The fourth-order valence-corrected chi connectivity index (χ4v) is 1.26. The van der Waals surface area contributed by atoms with Crippen LogP contribution in [0.5, 0.6) is 0 Å². The number of amides is 1. The Bertz CT molecular complexity index is 256. The maximum Gasteiger partial charge on any atom is 0.394 e. The minimum absolute atomic E-state index is 0.00884. The number of nitrogens with one attached hydrogen (secondary N) is 1. The molecule has 0 aromatic carbocycles. The van der Waals surface area contributed by atoms with Crippen molar-refractivity contribution in [2.75, 3.05) is 13.2 Å². The van der Waals surface area contributed by atoms with Gasteiger partial charge in [-0.25, -0.2) is 4.79 Å². The largest absolute Gasteiger partial charge is 0.474 e. The highest BCUT2D eigenvalue weighted by Gasteiger charge is 2.28. The molecule has 15 heavy (non-hydrogen) atoms. The van der Waals surface area contributed by atoms with Gasteiger partial charge in [0.2, 0.25) is 0 Å². The fraction of sp³-hybridized carbons (Fsp3) is 0.750. The molecule has 1 aliphatic heterocycles. The van der Waals surface area contributed by atoms with Gasteiger partial charge in [0.25, 0.3) is 0 Å². The number of carbonyl (C=O) groups is 2. The molecule has 3 unspecified atom stereocenters. The zero-order chi connectivity index (χ0) is 11.4. The highest BCUT2D eigenvalue weighted by atomic mass is 16.5. The van der Waals surface area contributed by atoms with Crippen LogP contribution in [-0.4, -0.2) is 58.7 Å². The van der Waals surface area contributed by atoms with E-state index in [2.05, 4.69) is 5.32 Å². The van der Waals surface area contributed by atoms with Gasteiger partial charge in [0.1, 0.15) is 6.10 Å². The molecule has 0 aromatic heterocycles. The lowest BCUT2D eigenvalue weighted by Gasteiger charge is -2.30. The summed E-state index contributed by atoms with van der Waals surface area (Å²) in [5, 5.41) is 28.8. The fourth-order valence-electron chi connectivity index (χ4n) is 1.26. The molecule has 7 nitrogen and oxygen atoms in total. The third-order valence-corrected chi connectivity index (χ3v) is 2.14. The molecular weight excluding hydrogens is 206 g/mol. The van der Waals surface area contributed by atoms with Crippen LogP contribution in [0.2, 0.25) is 0 Å². The van der Waals surface area contributed by atoms with Crippen molar-refractivity contribution in [3.8, 4) is 0 Å². The lowest BCUT2D eigenvalue weighted by atomic mass is 10.0.